The first-order valence-electron chi connectivity index (χ1n) is 8.75. The quantitative estimate of drug-likeness (QED) is 0.734. The Morgan fingerprint density at radius 2 is 1.82 bits per heavy atom. The lowest BCUT2D eigenvalue weighted by molar-refractivity contribution is -0.141. The second-order valence-electron chi connectivity index (χ2n) is 7.43. The lowest BCUT2D eigenvalue weighted by Gasteiger charge is -2.36. The number of nitrogens with zero attached hydrogens (tertiary/aromatic N) is 4. The van der Waals surface area contributed by atoms with Crippen molar-refractivity contribution in [2.75, 3.05) is 31.1 Å². The largest absolute Gasteiger partial charge is 0.444 e. The summed E-state index contributed by atoms with van der Waals surface area (Å²) in [6.07, 6.45) is -4.98. The van der Waals surface area contributed by atoms with E-state index in [2.05, 4.69) is 10.2 Å². The van der Waals surface area contributed by atoms with Crippen LogP contribution in [0, 0.1) is 0 Å². The van der Waals surface area contributed by atoms with Gasteiger partial charge in [0.05, 0.1) is 0 Å². The number of anilines is 1. The summed E-state index contributed by atoms with van der Waals surface area (Å²) < 4.78 is 45.3. The van der Waals surface area contributed by atoms with Gasteiger partial charge in [0.1, 0.15) is 5.60 Å². The summed E-state index contributed by atoms with van der Waals surface area (Å²) >= 11 is 1.32. The molecule has 3 rings (SSSR count). The molecule has 0 N–H and O–H groups in total. The van der Waals surface area contributed by atoms with E-state index in [0.717, 1.165) is 0 Å². The van der Waals surface area contributed by atoms with E-state index in [1.807, 2.05) is 4.90 Å². The van der Waals surface area contributed by atoms with Crippen molar-refractivity contribution in [1.29, 1.82) is 0 Å². The van der Waals surface area contributed by atoms with E-state index in [4.69, 9.17) is 4.74 Å². The van der Waals surface area contributed by atoms with Gasteiger partial charge >= 0.3 is 12.3 Å². The van der Waals surface area contributed by atoms with Crippen molar-refractivity contribution in [3.63, 3.8) is 0 Å². The highest BCUT2D eigenvalue weighted by molar-refractivity contribution is 7.08. The molecule has 1 fully saturated rings. The van der Waals surface area contributed by atoms with Gasteiger partial charge in [-0.2, -0.15) is 24.5 Å². The fourth-order valence-electron chi connectivity index (χ4n) is 2.83. The monoisotopic (exact) mass is 414 g/mol. The van der Waals surface area contributed by atoms with E-state index in [-0.39, 0.29) is 5.56 Å². The zero-order valence-electron chi connectivity index (χ0n) is 15.8. The van der Waals surface area contributed by atoms with Gasteiger partial charge in [-0.25, -0.2) is 4.79 Å². The summed E-state index contributed by atoms with van der Waals surface area (Å²) in [5.41, 5.74) is -1.11. The van der Waals surface area contributed by atoms with Gasteiger partial charge in [-0.3, -0.25) is 0 Å². The molecule has 0 bridgehead atoms. The van der Waals surface area contributed by atoms with E-state index in [0.29, 0.717) is 37.6 Å². The van der Waals surface area contributed by atoms with Crippen LogP contribution in [0.25, 0.3) is 11.1 Å². The van der Waals surface area contributed by atoms with Gasteiger partial charge in [0.15, 0.2) is 11.5 Å². The minimum Gasteiger partial charge on any atom is -0.444 e. The molecule has 2 aromatic rings. The molecule has 152 valence electrons. The fraction of sp³-hybridized carbons (Fsp3) is 0.500. The zero-order valence-corrected chi connectivity index (χ0v) is 16.6. The van der Waals surface area contributed by atoms with E-state index in [9.17, 15) is 18.0 Å². The van der Waals surface area contributed by atoms with Crippen LogP contribution in [0.3, 0.4) is 0 Å². The zero-order chi connectivity index (χ0) is 20.5. The highest BCUT2D eigenvalue weighted by Gasteiger charge is 2.37. The number of halogens is 3. The second kappa shape index (κ2) is 7.57. The molecule has 0 spiro atoms. The fourth-order valence-corrected chi connectivity index (χ4v) is 3.48. The molecule has 10 heteroatoms. The Morgan fingerprint density at radius 1 is 1.14 bits per heavy atom. The summed E-state index contributed by atoms with van der Waals surface area (Å²) in [5.74, 6) is 0.359. The van der Waals surface area contributed by atoms with Crippen LogP contribution in [-0.2, 0) is 10.9 Å². The first-order valence-corrected chi connectivity index (χ1v) is 9.69. The SMILES string of the molecule is CC(C)(C)OC(=O)N1CCN(c2cc(-c3ccsc3)c(C(F)(F)F)nn2)CC1. The van der Waals surface area contributed by atoms with Gasteiger partial charge in [0.25, 0.3) is 0 Å². The molecule has 1 amide bonds. The lowest BCUT2D eigenvalue weighted by Crippen LogP contribution is -2.50. The van der Waals surface area contributed by atoms with Crippen LogP contribution in [-0.4, -0.2) is 53.0 Å². The van der Waals surface area contributed by atoms with Crippen molar-refractivity contribution in [3.05, 3.63) is 28.6 Å². The number of aromatic nitrogens is 2. The van der Waals surface area contributed by atoms with Gasteiger partial charge in [0.2, 0.25) is 0 Å². The third-order valence-electron chi connectivity index (χ3n) is 4.14. The van der Waals surface area contributed by atoms with Crippen molar-refractivity contribution in [1.82, 2.24) is 15.1 Å². The normalized spacial score (nSPS) is 15.6. The Balaban J connectivity index is 1.77. The number of hydrogen-bond acceptors (Lipinski definition) is 6. The Morgan fingerprint density at radius 3 is 2.36 bits per heavy atom. The van der Waals surface area contributed by atoms with Crippen LogP contribution in [0.4, 0.5) is 23.8 Å². The molecule has 2 aromatic heterocycles. The molecule has 0 aliphatic carbocycles. The predicted molar refractivity (Wildman–Crippen MR) is 100 cm³/mol. The number of thiophene rings is 1. The summed E-state index contributed by atoms with van der Waals surface area (Å²) in [6.45, 7) is 7.04. The number of rotatable bonds is 2. The number of hydrogen-bond donors (Lipinski definition) is 0. The molecule has 0 aromatic carbocycles. The van der Waals surface area contributed by atoms with Gasteiger partial charge in [-0.1, -0.05) is 0 Å². The van der Waals surface area contributed by atoms with Gasteiger partial charge in [-0.15, -0.1) is 10.2 Å². The molecule has 0 radical (unpaired) electrons. The van der Waals surface area contributed by atoms with Crippen LogP contribution < -0.4 is 4.90 Å². The summed E-state index contributed by atoms with van der Waals surface area (Å²) in [7, 11) is 0. The van der Waals surface area contributed by atoms with Gasteiger partial charge in [0, 0.05) is 31.7 Å². The number of carbonyl (C=O) groups is 1. The molecule has 1 saturated heterocycles. The minimum atomic E-state index is -4.59. The Hall–Kier alpha value is -2.36. The van der Waals surface area contributed by atoms with Crippen molar-refractivity contribution in [2.45, 2.75) is 32.5 Å². The molecular formula is C18H21F3N4O2S. The summed E-state index contributed by atoms with van der Waals surface area (Å²) in [6, 6.07) is 3.04. The first kappa shape index (κ1) is 20.4. The number of carbonyl (C=O) groups excluding carboxylic acids is 1. The molecule has 1 aliphatic heterocycles. The topological polar surface area (TPSA) is 58.6 Å². The predicted octanol–water partition coefficient (Wildman–Crippen LogP) is 4.28. The maximum atomic E-state index is 13.3. The highest BCUT2D eigenvalue weighted by Crippen LogP contribution is 2.37. The van der Waals surface area contributed by atoms with Crippen LogP contribution in [0.2, 0.25) is 0 Å². The van der Waals surface area contributed by atoms with E-state index < -0.39 is 23.6 Å². The Kier molecular flexibility index (Phi) is 5.51. The first-order chi connectivity index (χ1) is 13.0. The number of ether oxygens (including phenoxy) is 1. The van der Waals surface area contributed by atoms with Crippen molar-refractivity contribution in [2.24, 2.45) is 0 Å². The molecule has 28 heavy (non-hydrogen) atoms. The molecule has 0 unspecified atom stereocenters. The van der Waals surface area contributed by atoms with Crippen molar-refractivity contribution >= 4 is 23.2 Å². The molecule has 1 aliphatic rings. The standard InChI is InChI=1S/C18H21F3N4O2S/c1-17(2,3)27-16(26)25-7-5-24(6-8-25)14-10-13(12-4-9-28-11-12)15(23-22-14)18(19,20)21/h4,9-11H,5-8H2,1-3H3. The highest BCUT2D eigenvalue weighted by atomic mass is 32.1. The number of alkyl halides is 3. The summed E-state index contributed by atoms with van der Waals surface area (Å²) in [4.78, 5) is 15.6. The van der Waals surface area contributed by atoms with E-state index in [1.54, 1.807) is 42.5 Å². The van der Waals surface area contributed by atoms with Gasteiger partial charge < -0.3 is 14.5 Å². The van der Waals surface area contributed by atoms with Crippen LogP contribution in [0.5, 0.6) is 0 Å². The van der Waals surface area contributed by atoms with Crippen LogP contribution >= 0.6 is 11.3 Å². The maximum absolute atomic E-state index is 13.3. The third kappa shape index (κ3) is 4.73. The molecule has 6 nitrogen and oxygen atoms in total. The minimum absolute atomic E-state index is 0.00771. The second-order valence-corrected chi connectivity index (χ2v) is 8.21. The van der Waals surface area contributed by atoms with E-state index in [1.165, 1.54) is 17.4 Å². The molecule has 0 atom stereocenters. The van der Waals surface area contributed by atoms with Crippen LogP contribution in [0.15, 0.2) is 22.9 Å². The number of amides is 1. The average molecular weight is 414 g/mol. The Bertz CT molecular complexity index is 826. The third-order valence-corrected chi connectivity index (χ3v) is 4.82. The number of piperazine rings is 1. The Labute approximate surface area is 164 Å². The van der Waals surface area contributed by atoms with Gasteiger partial charge in [-0.05, 0) is 49.2 Å². The maximum Gasteiger partial charge on any atom is 0.435 e. The summed E-state index contributed by atoms with van der Waals surface area (Å²) in [5, 5.41) is 10.6. The van der Waals surface area contributed by atoms with Crippen molar-refractivity contribution in [3.8, 4) is 11.1 Å². The molecule has 3 heterocycles. The lowest BCUT2D eigenvalue weighted by atomic mass is 10.1. The van der Waals surface area contributed by atoms with Crippen molar-refractivity contribution < 1.29 is 22.7 Å². The average Bonchev–Trinajstić information content (AvgIpc) is 3.14. The van der Waals surface area contributed by atoms with Crippen LogP contribution in [0.1, 0.15) is 26.5 Å². The smallest absolute Gasteiger partial charge is 0.435 e. The molecular weight excluding hydrogens is 393 g/mol. The molecule has 0 saturated carbocycles. The van der Waals surface area contributed by atoms with E-state index >= 15 is 0 Å².